The molecule has 4 aromatic rings. The average Bonchev–Trinajstić information content (AvgIpc) is 3.50. The van der Waals surface area contributed by atoms with Crippen LogP contribution in [0.15, 0.2) is 78.9 Å². The Bertz CT molecular complexity index is 1090. The van der Waals surface area contributed by atoms with Gasteiger partial charge in [-0.2, -0.15) is 0 Å². The SMILES string of the molecule is c1ccc(CN(CCOc2ccc(CC3CNCS3)cc2)c2nc3ccccc3s2)cc1. The van der Waals surface area contributed by atoms with E-state index in [9.17, 15) is 0 Å². The molecule has 3 aromatic carbocycles. The number of hydrogen-bond acceptors (Lipinski definition) is 6. The molecule has 0 spiro atoms. The summed E-state index contributed by atoms with van der Waals surface area (Å²) in [6, 6.07) is 27.5. The number of thioether (sulfide) groups is 1. The van der Waals surface area contributed by atoms with E-state index in [-0.39, 0.29) is 0 Å². The van der Waals surface area contributed by atoms with Crippen LogP contribution in [-0.2, 0) is 13.0 Å². The van der Waals surface area contributed by atoms with E-state index in [0.29, 0.717) is 11.9 Å². The molecular weight excluding hydrogens is 434 g/mol. The van der Waals surface area contributed by atoms with Crippen molar-refractivity contribution in [3.05, 3.63) is 90.0 Å². The summed E-state index contributed by atoms with van der Waals surface area (Å²) in [5, 5.41) is 5.13. The lowest BCUT2D eigenvalue weighted by Gasteiger charge is -2.22. The summed E-state index contributed by atoms with van der Waals surface area (Å²) in [6.07, 6.45) is 1.11. The lowest BCUT2D eigenvalue weighted by molar-refractivity contribution is 0.323. The molecule has 6 heteroatoms. The van der Waals surface area contributed by atoms with Crippen molar-refractivity contribution >= 4 is 38.4 Å². The maximum atomic E-state index is 6.11. The number of hydrogen-bond donors (Lipinski definition) is 1. The molecule has 1 aliphatic rings. The fourth-order valence-electron chi connectivity index (χ4n) is 3.89. The summed E-state index contributed by atoms with van der Waals surface area (Å²) in [7, 11) is 0. The number of aromatic nitrogens is 1. The predicted molar refractivity (Wildman–Crippen MR) is 137 cm³/mol. The highest BCUT2D eigenvalue weighted by Gasteiger charge is 2.16. The average molecular weight is 462 g/mol. The van der Waals surface area contributed by atoms with Gasteiger partial charge in [-0.3, -0.25) is 0 Å². The minimum atomic E-state index is 0.616. The van der Waals surface area contributed by atoms with Crippen molar-refractivity contribution in [2.75, 3.05) is 30.5 Å². The minimum Gasteiger partial charge on any atom is -0.492 e. The molecule has 0 bridgehead atoms. The first-order chi connectivity index (χ1) is 15.8. The number of fused-ring (bicyclic) bond motifs is 1. The Morgan fingerprint density at radius 1 is 0.938 bits per heavy atom. The molecule has 1 saturated heterocycles. The van der Waals surface area contributed by atoms with Gasteiger partial charge in [0.2, 0.25) is 0 Å². The van der Waals surface area contributed by atoms with Gasteiger partial charge in [0.1, 0.15) is 12.4 Å². The highest BCUT2D eigenvalue weighted by atomic mass is 32.2. The molecule has 0 radical (unpaired) electrons. The zero-order valence-corrected chi connectivity index (χ0v) is 19.6. The highest BCUT2D eigenvalue weighted by molar-refractivity contribution is 8.00. The zero-order valence-electron chi connectivity index (χ0n) is 17.9. The van der Waals surface area contributed by atoms with E-state index in [1.807, 2.05) is 17.8 Å². The number of anilines is 1. The third kappa shape index (κ3) is 5.44. The lowest BCUT2D eigenvalue weighted by atomic mass is 10.1. The summed E-state index contributed by atoms with van der Waals surface area (Å²) in [4.78, 5) is 7.20. The summed E-state index contributed by atoms with van der Waals surface area (Å²) in [5.41, 5.74) is 3.70. The molecule has 1 unspecified atom stereocenters. The molecule has 164 valence electrons. The van der Waals surface area contributed by atoms with Crippen LogP contribution in [0.2, 0.25) is 0 Å². The molecule has 0 saturated carbocycles. The zero-order chi connectivity index (χ0) is 21.6. The number of benzene rings is 3. The van der Waals surface area contributed by atoms with Crippen molar-refractivity contribution < 1.29 is 4.74 Å². The quantitative estimate of drug-likeness (QED) is 0.352. The molecule has 1 atom stereocenters. The Kier molecular flexibility index (Phi) is 6.92. The van der Waals surface area contributed by atoms with Crippen LogP contribution in [0.4, 0.5) is 5.13 Å². The van der Waals surface area contributed by atoms with Crippen LogP contribution in [-0.4, -0.2) is 35.8 Å². The number of ether oxygens (including phenoxy) is 1. The first kappa shape index (κ1) is 21.3. The second-order valence-corrected chi connectivity index (χ2v) is 10.3. The summed E-state index contributed by atoms with van der Waals surface area (Å²) >= 11 is 3.75. The third-order valence-corrected chi connectivity index (χ3v) is 7.85. The number of thiazole rings is 1. The summed E-state index contributed by atoms with van der Waals surface area (Å²) in [6.45, 7) is 3.31. The van der Waals surface area contributed by atoms with Crippen LogP contribution >= 0.6 is 23.1 Å². The molecule has 1 fully saturated rings. The molecular formula is C26H27N3OS2. The number of para-hydroxylation sites is 1. The normalized spacial score (nSPS) is 15.8. The fraction of sp³-hybridized carbons (Fsp3) is 0.269. The van der Waals surface area contributed by atoms with Crippen LogP contribution in [0.5, 0.6) is 5.75 Å². The smallest absolute Gasteiger partial charge is 0.186 e. The molecule has 1 aromatic heterocycles. The van der Waals surface area contributed by atoms with Crippen molar-refractivity contribution in [2.45, 2.75) is 18.2 Å². The van der Waals surface area contributed by atoms with E-state index in [2.05, 4.69) is 83.0 Å². The van der Waals surface area contributed by atoms with Crippen molar-refractivity contribution in [3.8, 4) is 5.75 Å². The lowest BCUT2D eigenvalue weighted by Crippen LogP contribution is -2.27. The number of nitrogens with one attached hydrogen (secondary N) is 1. The molecule has 32 heavy (non-hydrogen) atoms. The van der Waals surface area contributed by atoms with Gasteiger partial charge in [0.25, 0.3) is 0 Å². The van der Waals surface area contributed by atoms with E-state index in [0.717, 1.165) is 48.3 Å². The largest absolute Gasteiger partial charge is 0.492 e. The molecule has 1 aliphatic heterocycles. The Hall–Kier alpha value is -2.54. The summed E-state index contributed by atoms with van der Waals surface area (Å²) < 4.78 is 7.33. The van der Waals surface area contributed by atoms with Gasteiger partial charge in [-0.1, -0.05) is 65.9 Å². The third-order valence-electron chi connectivity index (χ3n) is 5.58. The van der Waals surface area contributed by atoms with Crippen LogP contribution in [0.1, 0.15) is 11.1 Å². The van der Waals surface area contributed by atoms with E-state index >= 15 is 0 Å². The first-order valence-corrected chi connectivity index (χ1v) is 12.9. The molecule has 4 nitrogen and oxygen atoms in total. The van der Waals surface area contributed by atoms with Crippen LogP contribution in [0, 0.1) is 0 Å². The Morgan fingerprint density at radius 2 is 1.75 bits per heavy atom. The summed E-state index contributed by atoms with van der Waals surface area (Å²) in [5.74, 6) is 2.00. The van der Waals surface area contributed by atoms with Crippen molar-refractivity contribution in [2.24, 2.45) is 0 Å². The monoisotopic (exact) mass is 461 g/mol. The maximum Gasteiger partial charge on any atom is 0.186 e. The highest BCUT2D eigenvalue weighted by Crippen LogP contribution is 2.29. The predicted octanol–water partition coefficient (Wildman–Crippen LogP) is 5.59. The second-order valence-electron chi connectivity index (χ2n) is 7.95. The Balaban J connectivity index is 1.23. The van der Waals surface area contributed by atoms with Gasteiger partial charge in [0.05, 0.1) is 16.8 Å². The van der Waals surface area contributed by atoms with Gasteiger partial charge < -0.3 is 15.0 Å². The van der Waals surface area contributed by atoms with Crippen molar-refractivity contribution in [3.63, 3.8) is 0 Å². The van der Waals surface area contributed by atoms with Crippen molar-refractivity contribution in [1.29, 1.82) is 0 Å². The topological polar surface area (TPSA) is 37.4 Å². The van der Waals surface area contributed by atoms with Gasteiger partial charge in [-0.25, -0.2) is 4.98 Å². The van der Waals surface area contributed by atoms with Gasteiger partial charge >= 0.3 is 0 Å². The molecule has 0 amide bonds. The molecule has 5 rings (SSSR count). The van der Waals surface area contributed by atoms with E-state index in [1.165, 1.54) is 15.8 Å². The van der Waals surface area contributed by atoms with Gasteiger partial charge in [0, 0.05) is 24.2 Å². The molecule has 0 aliphatic carbocycles. The van der Waals surface area contributed by atoms with Crippen LogP contribution in [0.25, 0.3) is 10.2 Å². The standard InChI is InChI=1S/C26H27N3OS2/c1-2-6-21(7-3-1)18-29(26-28-24-8-4-5-9-25(24)32-26)14-15-30-22-12-10-20(11-13-22)16-23-17-27-19-31-23/h1-13,23,27H,14-19H2. The Morgan fingerprint density at radius 3 is 2.53 bits per heavy atom. The second kappa shape index (κ2) is 10.4. The minimum absolute atomic E-state index is 0.616. The molecule has 1 N–H and O–H groups in total. The van der Waals surface area contributed by atoms with Gasteiger partial charge in [-0.05, 0) is 41.8 Å². The number of nitrogens with zero attached hydrogens (tertiary/aromatic N) is 2. The van der Waals surface area contributed by atoms with E-state index < -0.39 is 0 Å². The van der Waals surface area contributed by atoms with E-state index in [1.54, 1.807) is 11.3 Å². The van der Waals surface area contributed by atoms with Gasteiger partial charge in [-0.15, -0.1) is 11.8 Å². The molecule has 2 heterocycles. The Labute approximate surface area is 197 Å². The maximum absolute atomic E-state index is 6.11. The van der Waals surface area contributed by atoms with Crippen LogP contribution in [0.3, 0.4) is 0 Å². The van der Waals surface area contributed by atoms with Crippen LogP contribution < -0.4 is 15.0 Å². The van der Waals surface area contributed by atoms with Crippen molar-refractivity contribution in [1.82, 2.24) is 10.3 Å². The fourth-order valence-corrected chi connectivity index (χ4v) is 5.89. The van der Waals surface area contributed by atoms with E-state index in [4.69, 9.17) is 9.72 Å². The number of rotatable bonds is 9. The van der Waals surface area contributed by atoms with Gasteiger partial charge in [0.15, 0.2) is 5.13 Å². The first-order valence-electron chi connectivity index (χ1n) is 11.0.